The molecule has 0 spiro atoms. The van der Waals surface area contributed by atoms with Gasteiger partial charge >= 0.3 is 5.97 Å². The fraction of sp³-hybridized carbons (Fsp3) is 0.565. The molecule has 166 valence electrons. The van der Waals surface area contributed by atoms with Crippen molar-refractivity contribution in [3.05, 3.63) is 40.3 Å². The van der Waals surface area contributed by atoms with Gasteiger partial charge in [-0.25, -0.2) is 4.98 Å². The van der Waals surface area contributed by atoms with Gasteiger partial charge in [-0.15, -0.1) is 0 Å². The largest absolute Gasteiger partial charge is 0.481 e. The molecule has 2 saturated heterocycles. The average molecular weight is 427 g/mol. The second-order valence-electron chi connectivity index (χ2n) is 8.83. The number of fused-ring (bicyclic) bond motifs is 3. The third-order valence-corrected chi connectivity index (χ3v) is 6.07. The third-order valence-electron chi connectivity index (χ3n) is 6.07. The van der Waals surface area contributed by atoms with E-state index in [1.165, 1.54) is 6.42 Å². The van der Waals surface area contributed by atoms with Crippen LogP contribution in [0.2, 0.25) is 0 Å². The van der Waals surface area contributed by atoms with E-state index in [9.17, 15) is 14.7 Å². The Labute approximate surface area is 181 Å². The molecule has 2 unspecified atom stereocenters. The summed E-state index contributed by atoms with van der Waals surface area (Å²) in [6, 6.07) is 8.54. The highest BCUT2D eigenvalue weighted by molar-refractivity contribution is 6.00. The van der Waals surface area contributed by atoms with Gasteiger partial charge < -0.3 is 19.8 Å². The molecule has 1 aromatic heterocycles. The Morgan fingerprint density at radius 2 is 1.97 bits per heavy atom. The number of carbonyl (C=O) groups is 1. The highest BCUT2D eigenvalue weighted by atomic mass is 16.6. The minimum atomic E-state index is -0.954. The van der Waals surface area contributed by atoms with Gasteiger partial charge in [0.2, 0.25) is 0 Å². The predicted octanol–water partition coefficient (Wildman–Crippen LogP) is 3.24. The van der Waals surface area contributed by atoms with E-state index in [-0.39, 0.29) is 42.0 Å². The van der Waals surface area contributed by atoms with Gasteiger partial charge in [0, 0.05) is 24.5 Å². The molecule has 0 amide bonds. The van der Waals surface area contributed by atoms with Crippen LogP contribution in [0.5, 0.6) is 0 Å². The van der Waals surface area contributed by atoms with Crippen molar-refractivity contribution in [3.8, 4) is 0 Å². The number of nitrogens with zero attached hydrogens (tertiary/aromatic N) is 3. The Kier molecular flexibility index (Phi) is 6.36. The smallest absolute Gasteiger partial charge is 0.303 e. The number of benzene rings is 1. The summed E-state index contributed by atoms with van der Waals surface area (Å²) in [4.78, 5) is 34.9. The topological polar surface area (TPSA) is 106 Å². The molecule has 2 bridgehead atoms. The summed E-state index contributed by atoms with van der Waals surface area (Å²) in [6.07, 6.45) is 5.03. The molecule has 31 heavy (non-hydrogen) atoms. The standard InChI is InChI=1S/C23H30N4O4/c1-14(2)31-26-19(10-11-21(28)29)22-23(30)27(20-9-4-3-8-18(20)25-22)17-12-15-6-5-7-16(13-17)24-15/h3-4,8-9,14-17,24H,5-7,10-13H2,1-2H3,(H,28,29)/b26-19+. The Hall–Kier alpha value is -2.74. The maximum absolute atomic E-state index is 13.7. The molecule has 2 fully saturated rings. The third kappa shape index (κ3) is 4.79. The normalized spacial score (nSPS) is 23.8. The molecule has 0 aliphatic carbocycles. The number of para-hydroxylation sites is 2. The van der Waals surface area contributed by atoms with Gasteiger partial charge in [-0.3, -0.25) is 9.59 Å². The summed E-state index contributed by atoms with van der Waals surface area (Å²) in [6.45, 7) is 3.66. The number of aromatic nitrogens is 2. The van der Waals surface area contributed by atoms with Gasteiger partial charge in [-0.1, -0.05) is 23.7 Å². The lowest BCUT2D eigenvalue weighted by Gasteiger charge is -2.41. The van der Waals surface area contributed by atoms with Gasteiger partial charge in [0.15, 0.2) is 5.69 Å². The summed E-state index contributed by atoms with van der Waals surface area (Å²) >= 11 is 0. The molecule has 0 saturated carbocycles. The number of hydrogen-bond donors (Lipinski definition) is 2. The van der Waals surface area contributed by atoms with Crippen LogP contribution < -0.4 is 10.9 Å². The van der Waals surface area contributed by atoms with Crippen LogP contribution >= 0.6 is 0 Å². The Bertz CT molecular complexity index is 1030. The highest BCUT2D eigenvalue weighted by Crippen LogP contribution is 2.33. The zero-order chi connectivity index (χ0) is 22.0. The first-order chi connectivity index (χ1) is 14.9. The van der Waals surface area contributed by atoms with E-state index in [0.717, 1.165) is 31.2 Å². The van der Waals surface area contributed by atoms with Crippen molar-refractivity contribution in [2.24, 2.45) is 5.16 Å². The minimum absolute atomic E-state index is 0.0717. The molecule has 4 rings (SSSR count). The van der Waals surface area contributed by atoms with Crippen LogP contribution in [-0.4, -0.2) is 44.5 Å². The molecule has 2 aliphatic heterocycles. The summed E-state index contributed by atoms with van der Waals surface area (Å²) in [5.41, 5.74) is 1.76. The van der Waals surface area contributed by atoms with Crippen LogP contribution in [0.3, 0.4) is 0 Å². The van der Waals surface area contributed by atoms with Gasteiger partial charge in [-0.05, 0) is 51.7 Å². The number of carboxylic acids is 1. The van der Waals surface area contributed by atoms with Crippen molar-refractivity contribution in [3.63, 3.8) is 0 Å². The van der Waals surface area contributed by atoms with Crippen LogP contribution in [0.1, 0.15) is 70.5 Å². The number of piperidine rings is 2. The average Bonchev–Trinajstić information content (AvgIpc) is 2.73. The molecule has 2 atom stereocenters. The summed E-state index contributed by atoms with van der Waals surface area (Å²) in [5, 5.41) is 17.0. The van der Waals surface area contributed by atoms with Crippen molar-refractivity contribution >= 4 is 22.7 Å². The molecule has 3 heterocycles. The second kappa shape index (κ2) is 9.18. The van der Waals surface area contributed by atoms with Crippen LogP contribution in [0.25, 0.3) is 11.0 Å². The molecule has 2 aliphatic rings. The van der Waals surface area contributed by atoms with Gasteiger partial charge in [-0.2, -0.15) is 0 Å². The first-order valence-corrected chi connectivity index (χ1v) is 11.1. The lowest BCUT2D eigenvalue weighted by Crippen LogP contribution is -2.50. The molecule has 8 heteroatoms. The number of hydrogen-bond acceptors (Lipinski definition) is 6. The van der Waals surface area contributed by atoms with E-state index < -0.39 is 5.97 Å². The van der Waals surface area contributed by atoms with E-state index in [0.29, 0.717) is 17.6 Å². The Morgan fingerprint density at radius 3 is 2.65 bits per heavy atom. The SMILES string of the molecule is CC(C)O/N=C(\CCC(=O)O)c1nc2ccccc2n(C2CC3CCCC(C2)N3)c1=O. The molecule has 2 N–H and O–H groups in total. The zero-order valence-corrected chi connectivity index (χ0v) is 18.1. The fourth-order valence-corrected chi connectivity index (χ4v) is 4.75. The number of rotatable bonds is 7. The number of nitrogens with one attached hydrogen (secondary N) is 1. The summed E-state index contributed by atoms with van der Waals surface area (Å²) in [7, 11) is 0. The zero-order valence-electron chi connectivity index (χ0n) is 18.1. The maximum Gasteiger partial charge on any atom is 0.303 e. The van der Waals surface area contributed by atoms with E-state index in [1.807, 2.05) is 42.7 Å². The highest BCUT2D eigenvalue weighted by Gasteiger charge is 2.33. The van der Waals surface area contributed by atoms with Crippen molar-refractivity contribution in [1.82, 2.24) is 14.9 Å². The fourth-order valence-electron chi connectivity index (χ4n) is 4.75. The summed E-state index contributed by atoms with van der Waals surface area (Å²) < 4.78 is 1.87. The number of oxime groups is 1. The lowest BCUT2D eigenvalue weighted by atomic mass is 9.83. The number of carboxylic acid groups (broad SMARTS) is 1. The molecule has 2 aromatic rings. The minimum Gasteiger partial charge on any atom is -0.481 e. The first-order valence-electron chi connectivity index (χ1n) is 11.1. The first kappa shape index (κ1) is 21.5. The lowest BCUT2D eigenvalue weighted by molar-refractivity contribution is -0.136. The number of aliphatic carboxylic acids is 1. The Balaban J connectivity index is 1.82. The van der Waals surface area contributed by atoms with Crippen molar-refractivity contribution < 1.29 is 14.7 Å². The van der Waals surface area contributed by atoms with Crippen LogP contribution in [-0.2, 0) is 9.63 Å². The summed E-state index contributed by atoms with van der Waals surface area (Å²) in [5.74, 6) is -0.954. The quantitative estimate of drug-likeness (QED) is 0.520. The van der Waals surface area contributed by atoms with E-state index in [2.05, 4.69) is 15.5 Å². The molecular weight excluding hydrogens is 396 g/mol. The Morgan fingerprint density at radius 1 is 1.26 bits per heavy atom. The van der Waals surface area contributed by atoms with Crippen LogP contribution in [0.4, 0.5) is 0 Å². The monoisotopic (exact) mass is 426 g/mol. The van der Waals surface area contributed by atoms with Crippen LogP contribution in [0, 0.1) is 0 Å². The van der Waals surface area contributed by atoms with Crippen molar-refractivity contribution in [2.75, 3.05) is 0 Å². The van der Waals surface area contributed by atoms with Gasteiger partial charge in [0.05, 0.1) is 17.5 Å². The molecule has 0 radical (unpaired) electrons. The molecule has 1 aromatic carbocycles. The maximum atomic E-state index is 13.7. The van der Waals surface area contributed by atoms with Crippen molar-refractivity contribution in [1.29, 1.82) is 0 Å². The van der Waals surface area contributed by atoms with E-state index in [1.54, 1.807) is 0 Å². The second-order valence-corrected chi connectivity index (χ2v) is 8.83. The predicted molar refractivity (Wildman–Crippen MR) is 118 cm³/mol. The molecule has 8 nitrogen and oxygen atoms in total. The molecular formula is C23H30N4O4. The van der Waals surface area contributed by atoms with Gasteiger partial charge in [0.25, 0.3) is 5.56 Å². The van der Waals surface area contributed by atoms with Crippen molar-refractivity contribution in [2.45, 2.75) is 83.0 Å². The van der Waals surface area contributed by atoms with Crippen LogP contribution in [0.15, 0.2) is 34.2 Å². The van der Waals surface area contributed by atoms with E-state index in [4.69, 9.17) is 4.84 Å². The van der Waals surface area contributed by atoms with Gasteiger partial charge in [0.1, 0.15) is 11.8 Å². The van der Waals surface area contributed by atoms with E-state index >= 15 is 0 Å².